The molecule has 0 amide bonds. The normalized spacial score (nSPS) is 11.8. The summed E-state index contributed by atoms with van der Waals surface area (Å²) in [6.45, 7) is 0. The van der Waals surface area contributed by atoms with Crippen LogP contribution in [0.3, 0.4) is 0 Å². The SMILES string of the molecule is COC(=O)c1nnc(-c2c(F)cccc2F)cc1Nc1ccc([S+](C)[O-])cc1. The first-order valence-corrected chi connectivity index (χ1v) is 9.57. The van der Waals surface area contributed by atoms with Crippen LogP contribution in [0.15, 0.2) is 53.4 Å². The lowest BCUT2D eigenvalue weighted by atomic mass is 10.1. The van der Waals surface area contributed by atoms with Gasteiger partial charge in [-0.3, -0.25) is 0 Å². The predicted octanol–water partition coefficient (Wildman–Crippen LogP) is 3.69. The van der Waals surface area contributed by atoms with E-state index in [-0.39, 0.29) is 22.6 Å². The molecule has 3 aromatic rings. The highest BCUT2D eigenvalue weighted by Crippen LogP contribution is 2.29. The number of methoxy groups -OCH3 is 1. The molecule has 9 heteroatoms. The Morgan fingerprint density at radius 1 is 1.11 bits per heavy atom. The summed E-state index contributed by atoms with van der Waals surface area (Å²) in [5, 5.41) is 10.5. The second-order valence-corrected chi connectivity index (χ2v) is 7.06. The number of esters is 1. The van der Waals surface area contributed by atoms with Gasteiger partial charge in [-0.05, 0) is 53.6 Å². The monoisotopic (exact) mass is 403 g/mol. The zero-order chi connectivity index (χ0) is 20.3. The average molecular weight is 403 g/mol. The summed E-state index contributed by atoms with van der Waals surface area (Å²) >= 11 is -1.14. The lowest BCUT2D eigenvalue weighted by molar-refractivity contribution is 0.0594. The van der Waals surface area contributed by atoms with E-state index in [4.69, 9.17) is 0 Å². The third-order valence-electron chi connectivity index (χ3n) is 3.86. The number of anilines is 2. The van der Waals surface area contributed by atoms with Gasteiger partial charge >= 0.3 is 5.97 Å². The molecule has 0 aliphatic rings. The van der Waals surface area contributed by atoms with Crippen LogP contribution in [0.25, 0.3) is 11.3 Å². The summed E-state index contributed by atoms with van der Waals surface area (Å²) in [4.78, 5) is 12.6. The molecule has 0 saturated carbocycles. The standard InChI is InChI=1S/C19H15F2N3O3S/c1-27-19(25)18-16(22-11-6-8-12(9-7-11)28(2)26)10-15(23-24-18)17-13(20)4-3-5-14(17)21/h3-10H,1-2H3,(H,22,23). The van der Waals surface area contributed by atoms with Gasteiger partial charge in [0.1, 0.15) is 23.6 Å². The van der Waals surface area contributed by atoms with Crippen molar-refractivity contribution >= 4 is 28.5 Å². The van der Waals surface area contributed by atoms with Gasteiger partial charge in [-0.25, -0.2) is 13.6 Å². The smallest absolute Gasteiger partial charge is 0.360 e. The van der Waals surface area contributed by atoms with Gasteiger partial charge in [0.05, 0.1) is 18.4 Å². The fourth-order valence-corrected chi connectivity index (χ4v) is 3.00. The Morgan fingerprint density at radius 3 is 2.32 bits per heavy atom. The minimum absolute atomic E-state index is 0.0861. The molecule has 6 nitrogen and oxygen atoms in total. The quantitative estimate of drug-likeness (QED) is 0.516. The predicted molar refractivity (Wildman–Crippen MR) is 101 cm³/mol. The van der Waals surface area contributed by atoms with Crippen molar-refractivity contribution in [3.05, 3.63) is 65.9 Å². The van der Waals surface area contributed by atoms with Crippen LogP contribution in [0.4, 0.5) is 20.2 Å². The van der Waals surface area contributed by atoms with Crippen LogP contribution in [0.1, 0.15) is 10.5 Å². The molecule has 0 radical (unpaired) electrons. The van der Waals surface area contributed by atoms with Crippen molar-refractivity contribution in [2.75, 3.05) is 18.7 Å². The summed E-state index contributed by atoms with van der Waals surface area (Å²) in [5.41, 5.74) is 0.117. The summed E-state index contributed by atoms with van der Waals surface area (Å²) < 4.78 is 44.4. The average Bonchev–Trinajstić information content (AvgIpc) is 2.68. The van der Waals surface area contributed by atoms with Gasteiger partial charge in [0.25, 0.3) is 0 Å². The molecule has 1 N–H and O–H groups in total. The highest BCUT2D eigenvalue weighted by Gasteiger charge is 2.20. The number of carbonyl (C=O) groups is 1. The van der Waals surface area contributed by atoms with Gasteiger partial charge < -0.3 is 14.6 Å². The van der Waals surface area contributed by atoms with E-state index in [1.54, 1.807) is 30.5 Å². The number of aromatic nitrogens is 2. The molecule has 1 atom stereocenters. The van der Waals surface area contributed by atoms with Crippen LogP contribution in [-0.2, 0) is 15.9 Å². The molecular weight excluding hydrogens is 388 g/mol. The molecular formula is C19H15F2N3O3S. The molecule has 0 saturated heterocycles. The van der Waals surface area contributed by atoms with E-state index in [0.717, 1.165) is 12.1 Å². The minimum atomic E-state index is -1.14. The molecule has 0 bridgehead atoms. The van der Waals surface area contributed by atoms with Crippen molar-refractivity contribution in [2.24, 2.45) is 0 Å². The van der Waals surface area contributed by atoms with Crippen molar-refractivity contribution in [1.82, 2.24) is 10.2 Å². The second kappa shape index (κ2) is 8.32. The van der Waals surface area contributed by atoms with Gasteiger partial charge in [0.2, 0.25) is 0 Å². The van der Waals surface area contributed by atoms with Gasteiger partial charge in [-0.2, -0.15) is 0 Å². The van der Waals surface area contributed by atoms with Crippen LogP contribution in [-0.4, -0.2) is 34.1 Å². The number of ether oxygens (including phenoxy) is 1. The fourth-order valence-electron chi connectivity index (χ4n) is 2.48. The lowest BCUT2D eigenvalue weighted by Crippen LogP contribution is -2.11. The van der Waals surface area contributed by atoms with E-state index >= 15 is 0 Å². The zero-order valence-corrected chi connectivity index (χ0v) is 15.7. The Balaban J connectivity index is 2.05. The van der Waals surface area contributed by atoms with Crippen LogP contribution in [0.2, 0.25) is 0 Å². The first-order chi connectivity index (χ1) is 13.4. The van der Waals surface area contributed by atoms with E-state index in [2.05, 4.69) is 20.3 Å². The van der Waals surface area contributed by atoms with Gasteiger partial charge in [0.15, 0.2) is 10.6 Å². The molecule has 1 unspecified atom stereocenters. The maximum Gasteiger partial charge on any atom is 0.360 e. The molecule has 144 valence electrons. The summed E-state index contributed by atoms with van der Waals surface area (Å²) in [7, 11) is 1.18. The topological polar surface area (TPSA) is 87.2 Å². The first-order valence-electron chi connectivity index (χ1n) is 8.01. The van der Waals surface area contributed by atoms with Gasteiger partial charge in [-0.1, -0.05) is 6.07 Å². The van der Waals surface area contributed by atoms with Crippen LogP contribution in [0.5, 0.6) is 0 Å². The number of nitrogens with one attached hydrogen (secondary N) is 1. The van der Waals surface area contributed by atoms with E-state index in [0.29, 0.717) is 10.6 Å². The molecule has 0 fully saturated rings. The highest BCUT2D eigenvalue weighted by atomic mass is 32.2. The Labute approximate surface area is 162 Å². The number of benzene rings is 2. The molecule has 1 heterocycles. The Morgan fingerprint density at radius 2 is 1.75 bits per heavy atom. The third kappa shape index (κ3) is 4.10. The summed E-state index contributed by atoms with van der Waals surface area (Å²) in [6, 6.07) is 11.4. The Bertz CT molecular complexity index is 994. The second-order valence-electron chi connectivity index (χ2n) is 5.68. The third-order valence-corrected chi connectivity index (χ3v) is 4.79. The van der Waals surface area contributed by atoms with Crippen LogP contribution in [0, 0.1) is 11.6 Å². The lowest BCUT2D eigenvalue weighted by Gasteiger charge is -2.12. The maximum atomic E-state index is 14.1. The highest BCUT2D eigenvalue weighted by molar-refractivity contribution is 7.90. The molecule has 0 aliphatic carbocycles. The zero-order valence-electron chi connectivity index (χ0n) is 14.9. The molecule has 1 aromatic heterocycles. The Hall–Kier alpha value is -3.04. The summed E-state index contributed by atoms with van der Waals surface area (Å²) in [6.07, 6.45) is 1.56. The number of rotatable bonds is 5. The van der Waals surface area contributed by atoms with Crippen molar-refractivity contribution in [3.8, 4) is 11.3 Å². The van der Waals surface area contributed by atoms with E-state index in [1.165, 1.54) is 19.2 Å². The van der Waals surface area contributed by atoms with Crippen LogP contribution < -0.4 is 5.32 Å². The largest absolute Gasteiger partial charge is 0.612 e. The number of hydrogen-bond donors (Lipinski definition) is 1. The van der Waals surface area contributed by atoms with Crippen molar-refractivity contribution in [2.45, 2.75) is 4.90 Å². The number of carbonyl (C=O) groups excluding carboxylic acids is 1. The molecule has 2 aromatic carbocycles. The number of hydrogen-bond acceptors (Lipinski definition) is 6. The first kappa shape index (κ1) is 19.7. The minimum Gasteiger partial charge on any atom is -0.612 e. The molecule has 0 spiro atoms. The fraction of sp³-hybridized carbons (Fsp3) is 0.105. The molecule has 28 heavy (non-hydrogen) atoms. The van der Waals surface area contributed by atoms with Gasteiger partial charge in [-0.15, -0.1) is 10.2 Å². The maximum absolute atomic E-state index is 14.1. The van der Waals surface area contributed by atoms with Crippen molar-refractivity contribution in [3.63, 3.8) is 0 Å². The van der Waals surface area contributed by atoms with Crippen molar-refractivity contribution in [1.29, 1.82) is 0 Å². The van der Waals surface area contributed by atoms with E-state index in [9.17, 15) is 18.1 Å². The molecule has 0 aliphatic heterocycles. The van der Waals surface area contributed by atoms with Crippen LogP contribution >= 0.6 is 0 Å². The van der Waals surface area contributed by atoms with E-state index < -0.39 is 28.8 Å². The summed E-state index contributed by atoms with van der Waals surface area (Å²) in [5.74, 6) is -2.37. The Kier molecular flexibility index (Phi) is 5.86. The van der Waals surface area contributed by atoms with Gasteiger partial charge in [0, 0.05) is 5.69 Å². The number of halogens is 2. The molecule has 3 rings (SSSR count). The van der Waals surface area contributed by atoms with Crippen molar-refractivity contribution < 1.29 is 22.9 Å². The number of nitrogens with zero attached hydrogens (tertiary/aromatic N) is 2. The van der Waals surface area contributed by atoms with E-state index in [1.807, 2.05) is 0 Å².